The SMILES string of the molecule is Cc1nnnn1-c1cccc(NC(=O)CCC(C)O)c1. The van der Waals surface area contributed by atoms with Gasteiger partial charge in [-0.25, -0.2) is 0 Å². The number of hydrogen-bond acceptors (Lipinski definition) is 5. The van der Waals surface area contributed by atoms with Crippen molar-refractivity contribution in [2.24, 2.45) is 0 Å². The van der Waals surface area contributed by atoms with Gasteiger partial charge in [0.25, 0.3) is 0 Å². The van der Waals surface area contributed by atoms with Gasteiger partial charge in [0.15, 0.2) is 5.82 Å². The molecule has 1 unspecified atom stereocenters. The number of nitrogens with zero attached hydrogens (tertiary/aromatic N) is 4. The van der Waals surface area contributed by atoms with Crippen LogP contribution in [0, 0.1) is 6.92 Å². The van der Waals surface area contributed by atoms with Gasteiger partial charge in [0.05, 0.1) is 11.8 Å². The summed E-state index contributed by atoms with van der Waals surface area (Å²) in [5, 5.41) is 23.2. The molecule has 2 N–H and O–H groups in total. The Morgan fingerprint density at radius 1 is 1.50 bits per heavy atom. The summed E-state index contributed by atoms with van der Waals surface area (Å²) in [7, 11) is 0. The van der Waals surface area contributed by atoms with Crippen molar-refractivity contribution in [1.82, 2.24) is 20.2 Å². The van der Waals surface area contributed by atoms with E-state index in [0.717, 1.165) is 5.69 Å². The molecule has 0 radical (unpaired) electrons. The van der Waals surface area contributed by atoms with Gasteiger partial charge in [0, 0.05) is 12.1 Å². The molecule has 0 saturated carbocycles. The first-order chi connectivity index (χ1) is 9.56. The maximum atomic E-state index is 11.7. The van der Waals surface area contributed by atoms with Crippen molar-refractivity contribution in [1.29, 1.82) is 0 Å². The highest BCUT2D eigenvalue weighted by Crippen LogP contribution is 2.15. The third kappa shape index (κ3) is 3.61. The number of aryl methyl sites for hydroxylation is 1. The number of amides is 1. The number of carbonyl (C=O) groups excluding carboxylic acids is 1. The van der Waals surface area contributed by atoms with Crippen LogP contribution in [-0.2, 0) is 4.79 Å². The lowest BCUT2D eigenvalue weighted by Gasteiger charge is -2.08. The highest BCUT2D eigenvalue weighted by atomic mass is 16.3. The third-order valence-corrected chi connectivity index (χ3v) is 2.79. The molecule has 7 nitrogen and oxygen atoms in total. The molecule has 0 aliphatic carbocycles. The second-order valence-corrected chi connectivity index (χ2v) is 4.62. The van der Waals surface area contributed by atoms with Crippen LogP contribution in [0.15, 0.2) is 24.3 Å². The number of anilines is 1. The molecule has 106 valence electrons. The number of benzene rings is 1. The van der Waals surface area contributed by atoms with Gasteiger partial charge in [-0.2, -0.15) is 4.68 Å². The zero-order chi connectivity index (χ0) is 14.5. The Morgan fingerprint density at radius 2 is 2.30 bits per heavy atom. The first-order valence-corrected chi connectivity index (χ1v) is 6.39. The Kier molecular flexibility index (Phi) is 4.41. The van der Waals surface area contributed by atoms with E-state index < -0.39 is 6.10 Å². The molecule has 0 spiro atoms. The molecule has 0 aliphatic rings. The lowest BCUT2D eigenvalue weighted by atomic mass is 10.2. The summed E-state index contributed by atoms with van der Waals surface area (Å²) in [4.78, 5) is 11.7. The van der Waals surface area contributed by atoms with Crippen molar-refractivity contribution in [3.05, 3.63) is 30.1 Å². The first kappa shape index (κ1) is 14.1. The smallest absolute Gasteiger partial charge is 0.224 e. The molecule has 0 fully saturated rings. The zero-order valence-corrected chi connectivity index (χ0v) is 11.4. The second kappa shape index (κ2) is 6.25. The predicted molar refractivity (Wildman–Crippen MR) is 73.4 cm³/mol. The van der Waals surface area contributed by atoms with Gasteiger partial charge in [0.1, 0.15) is 0 Å². The highest BCUT2D eigenvalue weighted by Gasteiger charge is 2.07. The van der Waals surface area contributed by atoms with Crippen LogP contribution >= 0.6 is 0 Å². The zero-order valence-electron chi connectivity index (χ0n) is 11.4. The maximum Gasteiger partial charge on any atom is 0.224 e. The van der Waals surface area contributed by atoms with E-state index in [1.54, 1.807) is 30.7 Å². The molecule has 1 atom stereocenters. The molecule has 1 aromatic heterocycles. The highest BCUT2D eigenvalue weighted by molar-refractivity contribution is 5.90. The van der Waals surface area contributed by atoms with Gasteiger partial charge in [-0.05, 0) is 48.9 Å². The normalized spacial score (nSPS) is 12.2. The van der Waals surface area contributed by atoms with Crippen LogP contribution in [0.2, 0.25) is 0 Å². The second-order valence-electron chi connectivity index (χ2n) is 4.62. The van der Waals surface area contributed by atoms with Crippen molar-refractivity contribution in [2.75, 3.05) is 5.32 Å². The fourth-order valence-electron chi connectivity index (χ4n) is 1.75. The topological polar surface area (TPSA) is 92.9 Å². The summed E-state index contributed by atoms with van der Waals surface area (Å²) in [6, 6.07) is 7.27. The molecule has 1 amide bonds. The molecule has 1 heterocycles. The lowest BCUT2D eigenvalue weighted by molar-refractivity contribution is -0.116. The number of nitrogens with one attached hydrogen (secondary N) is 1. The number of tetrazole rings is 1. The van der Waals surface area contributed by atoms with E-state index >= 15 is 0 Å². The number of rotatable bonds is 5. The van der Waals surface area contributed by atoms with Crippen LogP contribution in [-0.4, -0.2) is 37.3 Å². The van der Waals surface area contributed by atoms with Crippen molar-refractivity contribution in [3.8, 4) is 5.69 Å². The first-order valence-electron chi connectivity index (χ1n) is 6.39. The fourth-order valence-corrected chi connectivity index (χ4v) is 1.75. The van der Waals surface area contributed by atoms with E-state index in [9.17, 15) is 4.79 Å². The minimum Gasteiger partial charge on any atom is -0.393 e. The Hall–Kier alpha value is -2.28. The summed E-state index contributed by atoms with van der Waals surface area (Å²) in [5.74, 6) is 0.541. The summed E-state index contributed by atoms with van der Waals surface area (Å²) in [5.41, 5.74) is 1.45. The Bertz CT molecular complexity index is 594. The fraction of sp³-hybridized carbons (Fsp3) is 0.385. The van der Waals surface area contributed by atoms with E-state index in [1.807, 2.05) is 12.1 Å². The minimum absolute atomic E-state index is 0.128. The van der Waals surface area contributed by atoms with Gasteiger partial charge < -0.3 is 10.4 Å². The van der Waals surface area contributed by atoms with Crippen LogP contribution in [0.1, 0.15) is 25.6 Å². The molecule has 0 aliphatic heterocycles. The van der Waals surface area contributed by atoms with Gasteiger partial charge in [-0.15, -0.1) is 5.10 Å². The average molecular weight is 275 g/mol. The standard InChI is InChI=1S/C13H17N5O2/c1-9(19)6-7-13(20)14-11-4-3-5-12(8-11)18-10(2)15-16-17-18/h3-5,8-9,19H,6-7H2,1-2H3,(H,14,20). The van der Waals surface area contributed by atoms with E-state index in [4.69, 9.17) is 5.11 Å². The van der Waals surface area contributed by atoms with Crippen LogP contribution in [0.5, 0.6) is 0 Å². The van der Waals surface area contributed by atoms with E-state index in [-0.39, 0.29) is 12.3 Å². The molecule has 7 heteroatoms. The monoisotopic (exact) mass is 275 g/mol. The van der Waals surface area contributed by atoms with Crippen LogP contribution in [0.4, 0.5) is 5.69 Å². The Morgan fingerprint density at radius 3 is 2.95 bits per heavy atom. The quantitative estimate of drug-likeness (QED) is 0.851. The lowest BCUT2D eigenvalue weighted by Crippen LogP contribution is -2.14. The van der Waals surface area contributed by atoms with Gasteiger partial charge in [-0.1, -0.05) is 6.07 Å². The molecule has 2 aromatic rings. The molecule has 0 saturated heterocycles. The number of carbonyl (C=O) groups is 1. The van der Waals surface area contributed by atoms with E-state index in [2.05, 4.69) is 20.8 Å². The van der Waals surface area contributed by atoms with Crippen molar-refractivity contribution < 1.29 is 9.90 Å². The van der Waals surface area contributed by atoms with Crippen molar-refractivity contribution in [3.63, 3.8) is 0 Å². The summed E-state index contributed by atoms with van der Waals surface area (Å²) in [6.45, 7) is 3.46. The summed E-state index contributed by atoms with van der Waals surface area (Å²) in [6.07, 6.45) is 0.250. The predicted octanol–water partition coefficient (Wildman–Crippen LogP) is 1.07. The molecule has 0 bridgehead atoms. The molecular weight excluding hydrogens is 258 g/mol. The number of aliphatic hydroxyl groups excluding tert-OH is 1. The molecule has 2 rings (SSSR count). The van der Waals surface area contributed by atoms with Crippen molar-refractivity contribution in [2.45, 2.75) is 32.8 Å². The maximum absolute atomic E-state index is 11.7. The van der Waals surface area contributed by atoms with Crippen LogP contribution < -0.4 is 5.32 Å². The number of hydrogen-bond donors (Lipinski definition) is 2. The van der Waals surface area contributed by atoms with Gasteiger partial charge in [0.2, 0.25) is 5.91 Å². The number of aliphatic hydroxyl groups is 1. The third-order valence-electron chi connectivity index (χ3n) is 2.79. The Labute approximate surface area is 116 Å². The van der Waals surface area contributed by atoms with E-state index in [0.29, 0.717) is 17.9 Å². The van der Waals surface area contributed by atoms with Crippen LogP contribution in [0.25, 0.3) is 5.69 Å². The molecular formula is C13H17N5O2. The molecule has 20 heavy (non-hydrogen) atoms. The van der Waals surface area contributed by atoms with Crippen molar-refractivity contribution >= 4 is 11.6 Å². The van der Waals surface area contributed by atoms with E-state index in [1.165, 1.54) is 0 Å². The molecule has 1 aromatic carbocycles. The number of aromatic nitrogens is 4. The summed E-state index contributed by atoms with van der Waals surface area (Å²) < 4.78 is 1.59. The minimum atomic E-state index is -0.476. The van der Waals surface area contributed by atoms with Gasteiger partial charge in [-0.3, -0.25) is 4.79 Å². The van der Waals surface area contributed by atoms with Crippen LogP contribution in [0.3, 0.4) is 0 Å². The largest absolute Gasteiger partial charge is 0.393 e. The average Bonchev–Trinajstić information content (AvgIpc) is 2.83. The van der Waals surface area contributed by atoms with Gasteiger partial charge >= 0.3 is 0 Å². The Balaban J connectivity index is 2.07. The summed E-state index contributed by atoms with van der Waals surface area (Å²) >= 11 is 0.